The molecule has 0 unspecified atom stereocenters. The van der Waals surface area contributed by atoms with Gasteiger partial charge >= 0.3 is 0 Å². The molecule has 2 saturated carbocycles. The van der Waals surface area contributed by atoms with Gasteiger partial charge < -0.3 is 4.57 Å². The quantitative estimate of drug-likeness (QED) is 0.691. The first-order valence-electron chi connectivity index (χ1n) is 6.92. The van der Waals surface area contributed by atoms with E-state index < -0.39 is 7.14 Å². The van der Waals surface area contributed by atoms with Crippen LogP contribution in [0.5, 0.6) is 0 Å². The predicted octanol–water partition coefficient (Wildman–Crippen LogP) is 3.64. The van der Waals surface area contributed by atoms with E-state index >= 15 is 0 Å². The van der Waals surface area contributed by atoms with Crippen molar-refractivity contribution in [1.82, 2.24) is 0 Å². The maximum atomic E-state index is 13.5. The fourth-order valence-corrected chi connectivity index (χ4v) is 9.31. The molecule has 4 aliphatic rings. The molecule has 0 N–H and O–H groups in total. The SMILES string of the molecule is O=P1(c2ccccc2)C2CC3CC(C2)CC1C3. The van der Waals surface area contributed by atoms with Crippen molar-refractivity contribution in [2.75, 3.05) is 0 Å². The van der Waals surface area contributed by atoms with Crippen molar-refractivity contribution < 1.29 is 4.57 Å². The van der Waals surface area contributed by atoms with Gasteiger partial charge in [0.1, 0.15) is 7.14 Å². The molecule has 1 aromatic carbocycles. The van der Waals surface area contributed by atoms with Crippen molar-refractivity contribution in [1.29, 1.82) is 0 Å². The summed E-state index contributed by atoms with van der Waals surface area (Å²) in [6, 6.07) is 10.4. The Morgan fingerprint density at radius 2 is 1.35 bits per heavy atom. The van der Waals surface area contributed by atoms with E-state index in [1.165, 1.54) is 37.4 Å². The Kier molecular flexibility index (Phi) is 2.12. The van der Waals surface area contributed by atoms with E-state index in [0.29, 0.717) is 11.3 Å². The van der Waals surface area contributed by atoms with Gasteiger partial charge in [0.15, 0.2) is 0 Å². The van der Waals surface area contributed by atoms with Gasteiger partial charge in [0.2, 0.25) is 0 Å². The van der Waals surface area contributed by atoms with E-state index in [-0.39, 0.29) is 0 Å². The zero-order valence-electron chi connectivity index (χ0n) is 10.1. The molecule has 0 radical (unpaired) electrons. The van der Waals surface area contributed by atoms with Crippen LogP contribution in [0, 0.1) is 11.8 Å². The zero-order valence-corrected chi connectivity index (χ0v) is 11.0. The van der Waals surface area contributed by atoms with Crippen LogP contribution in [0.3, 0.4) is 0 Å². The van der Waals surface area contributed by atoms with Crippen LogP contribution in [-0.2, 0) is 4.57 Å². The molecule has 2 aliphatic heterocycles. The van der Waals surface area contributed by atoms with Crippen LogP contribution in [0.4, 0.5) is 0 Å². The molecule has 2 heterocycles. The Labute approximate surface area is 103 Å². The summed E-state index contributed by atoms with van der Waals surface area (Å²) >= 11 is 0. The first-order chi connectivity index (χ1) is 8.27. The van der Waals surface area contributed by atoms with Crippen LogP contribution in [0.2, 0.25) is 0 Å². The van der Waals surface area contributed by atoms with E-state index in [1.54, 1.807) is 0 Å². The minimum Gasteiger partial charge on any atom is -0.318 e. The maximum Gasteiger partial charge on any atom is 0.121 e. The van der Waals surface area contributed by atoms with Gasteiger partial charge in [-0.3, -0.25) is 0 Å². The standard InChI is InChI=1S/C15H19OP/c16-17(13-4-2-1-3-5-13)14-7-11-6-12(9-14)10-15(17)8-11/h1-5,11-12,14-15H,6-10H2. The van der Waals surface area contributed by atoms with Crippen molar-refractivity contribution in [3.05, 3.63) is 30.3 Å². The molecule has 4 fully saturated rings. The second-order valence-electron chi connectivity index (χ2n) is 6.26. The van der Waals surface area contributed by atoms with Gasteiger partial charge in [-0.15, -0.1) is 0 Å². The first-order valence-corrected chi connectivity index (χ1v) is 8.76. The van der Waals surface area contributed by atoms with Crippen molar-refractivity contribution in [3.63, 3.8) is 0 Å². The molecular formula is C15H19OP. The lowest BCUT2D eigenvalue weighted by Crippen LogP contribution is -2.46. The average Bonchev–Trinajstić information content (AvgIpc) is 2.36. The van der Waals surface area contributed by atoms with Gasteiger partial charge in [-0.25, -0.2) is 0 Å². The fourth-order valence-electron chi connectivity index (χ4n) is 4.79. The van der Waals surface area contributed by atoms with Crippen LogP contribution in [-0.4, -0.2) is 11.3 Å². The monoisotopic (exact) mass is 246 g/mol. The van der Waals surface area contributed by atoms with Gasteiger partial charge in [0, 0.05) is 16.6 Å². The Balaban J connectivity index is 1.81. The number of hydrogen-bond donors (Lipinski definition) is 0. The summed E-state index contributed by atoms with van der Waals surface area (Å²) < 4.78 is 13.5. The molecule has 2 heteroatoms. The van der Waals surface area contributed by atoms with Gasteiger partial charge in [-0.1, -0.05) is 30.3 Å². The van der Waals surface area contributed by atoms with Crippen LogP contribution in [0.25, 0.3) is 0 Å². The van der Waals surface area contributed by atoms with Gasteiger partial charge in [0.25, 0.3) is 0 Å². The minimum absolute atomic E-state index is 0.529. The summed E-state index contributed by atoms with van der Waals surface area (Å²) in [5.41, 5.74) is 1.06. The van der Waals surface area contributed by atoms with E-state index in [1.807, 2.05) is 6.07 Å². The second-order valence-corrected chi connectivity index (χ2v) is 9.66. The lowest BCUT2D eigenvalue weighted by Gasteiger charge is -2.54. The average molecular weight is 246 g/mol. The highest BCUT2D eigenvalue weighted by Gasteiger charge is 2.55. The summed E-state index contributed by atoms with van der Waals surface area (Å²) in [4.78, 5) is 0. The van der Waals surface area contributed by atoms with Crippen LogP contribution in [0.1, 0.15) is 32.1 Å². The summed E-state index contributed by atoms with van der Waals surface area (Å²) in [5.74, 6) is 1.81. The normalized spacial score (nSPS) is 47.3. The van der Waals surface area contributed by atoms with Gasteiger partial charge in [0.05, 0.1) is 0 Å². The van der Waals surface area contributed by atoms with Gasteiger partial charge in [-0.2, -0.15) is 0 Å². The first kappa shape index (κ1) is 10.4. The van der Waals surface area contributed by atoms with Crippen molar-refractivity contribution >= 4 is 12.4 Å². The smallest absolute Gasteiger partial charge is 0.121 e. The Morgan fingerprint density at radius 3 is 1.88 bits per heavy atom. The van der Waals surface area contributed by atoms with Crippen LogP contribution >= 0.6 is 7.14 Å². The van der Waals surface area contributed by atoms with E-state index in [0.717, 1.165) is 11.8 Å². The summed E-state index contributed by atoms with van der Waals surface area (Å²) in [6.07, 6.45) is 6.43. The molecule has 2 aliphatic carbocycles. The molecule has 90 valence electrons. The summed E-state index contributed by atoms with van der Waals surface area (Å²) in [5, 5.41) is 1.17. The lowest BCUT2D eigenvalue weighted by molar-refractivity contribution is 0.171. The molecule has 4 bridgehead atoms. The highest BCUT2D eigenvalue weighted by molar-refractivity contribution is 7.73. The zero-order chi connectivity index (χ0) is 11.5. The van der Waals surface area contributed by atoms with Crippen LogP contribution in [0.15, 0.2) is 30.3 Å². The summed E-state index contributed by atoms with van der Waals surface area (Å²) in [7, 11) is -2.09. The fraction of sp³-hybridized carbons (Fsp3) is 0.600. The largest absolute Gasteiger partial charge is 0.318 e. The molecule has 2 saturated heterocycles. The third-order valence-electron chi connectivity index (χ3n) is 5.33. The molecule has 1 nitrogen and oxygen atoms in total. The molecule has 1 aromatic rings. The topological polar surface area (TPSA) is 17.1 Å². The molecule has 0 spiro atoms. The number of hydrogen-bond acceptors (Lipinski definition) is 1. The lowest BCUT2D eigenvalue weighted by atomic mass is 9.71. The highest BCUT2D eigenvalue weighted by Crippen LogP contribution is 2.70. The number of rotatable bonds is 1. The summed E-state index contributed by atoms with van der Waals surface area (Å²) in [6.45, 7) is 0. The second kappa shape index (κ2) is 3.48. The maximum absolute atomic E-state index is 13.5. The Hall–Kier alpha value is -0.550. The molecule has 0 aromatic heterocycles. The van der Waals surface area contributed by atoms with Crippen molar-refractivity contribution in [3.8, 4) is 0 Å². The Bertz CT molecular complexity index is 447. The third-order valence-corrected chi connectivity index (χ3v) is 9.45. The highest BCUT2D eigenvalue weighted by atomic mass is 31.2. The van der Waals surface area contributed by atoms with Gasteiger partial charge in [-0.05, 0) is 43.9 Å². The van der Waals surface area contributed by atoms with E-state index in [9.17, 15) is 4.57 Å². The van der Waals surface area contributed by atoms with E-state index in [4.69, 9.17) is 0 Å². The third kappa shape index (κ3) is 1.35. The molecule has 17 heavy (non-hydrogen) atoms. The molecule has 5 rings (SSSR count). The molecule has 0 atom stereocenters. The van der Waals surface area contributed by atoms with E-state index in [2.05, 4.69) is 24.3 Å². The Morgan fingerprint density at radius 1 is 0.824 bits per heavy atom. The van der Waals surface area contributed by atoms with Crippen LogP contribution < -0.4 is 5.30 Å². The van der Waals surface area contributed by atoms with Crippen molar-refractivity contribution in [2.24, 2.45) is 11.8 Å². The predicted molar refractivity (Wildman–Crippen MR) is 71.3 cm³/mol. The number of benzene rings is 1. The molecule has 0 amide bonds. The van der Waals surface area contributed by atoms with Crippen molar-refractivity contribution in [2.45, 2.75) is 43.4 Å². The molecular weight excluding hydrogens is 227 g/mol. The minimum atomic E-state index is -2.09.